The van der Waals surface area contributed by atoms with E-state index in [2.05, 4.69) is 0 Å². The van der Waals surface area contributed by atoms with Crippen molar-refractivity contribution in [2.75, 3.05) is 19.8 Å². The van der Waals surface area contributed by atoms with E-state index in [9.17, 15) is 50.8 Å². The Morgan fingerprint density at radius 3 is 2.37 bits per heavy atom. The smallest absolute Gasteiger partial charge is 0.336 e. The molecule has 0 aliphatic carbocycles. The Labute approximate surface area is 230 Å². The molecular formula is C26H28O15. The van der Waals surface area contributed by atoms with Crippen LogP contribution in [-0.2, 0) is 14.2 Å². The summed E-state index contributed by atoms with van der Waals surface area (Å²) in [6.45, 7) is -1.76. The molecule has 2 aliphatic rings. The summed E-state index contributed by atoms with van der Waals surface area (Å²) >= 11 is 0. The molecule has 0 unspecified atom stereocenters. The number of hydrogen-bond acceptors (Lipinski definition) is 15. The maximum absolute atomic E-state index is 12.3. The Bertz CT molecular complexity index is 1470. The summed E-state index contributed by atoms with van der Waals surface area (Å²) in [7, 11) is 0. The average Bonchev–Trinajstić information content (AvgIpc) is 3.22. The summed E-state index contributed by atoms with van der Waals surface area (Å²) in [5.41, 5.74) is -2.53. The Hall–Kier alpha value is -3.51. The van der Waals surface area contributed by atoms with Crippen molar-refractivity contribution in [2.24, 2.45) is 0 Å². The molecule has 1 aromatic heterocycles. The maximum atomic E-state index is 12.3. The second-order valence-electron chi connectivity index (χ2n) is 9.85. The summed E-state index contributed by atoms with van der Waals surface area (Å²) in [6.07, 6.45) is -11.5. The fourth-order valence-corrected chi connectivity index (χ4v) is 4.66. The Kier molecular flexibility index (Phi) is 7.82. The van der Waals surface area contributed by atoms with Gasteiger partial charge in [0.25, 0.3) is 0 Å². The van der Waals surface area contributed by atoms with E-state index in [0.717, 1.165) is 18.2 Å². The van der Waals surface area contributed by atoms with Crippen LogP contribution in [0.2, 0.25) is 0 Å². The first-order valence-corrected chi connectivity index (χ1v) is 12.4. The molecule has 3 aromatic rings. The van der Waals surface area contributed by atoms with Gasteiger partial charge in [0.05, 0.1) is 25.2 Å². The number of aromatic hydroxyl groups is 3. The van der Waals surface area contributed by atoms with Gasteiger partial charge in [-0.15, -0.1) is 0 Å². The molecule has 15 heteroatoms. The van der Waals surface area contributed by atoms with Crippen molar-refractivity contribution in [1.29, 1.82) is 0 Å². The van der Waals surface area contributed by atoms with Crippen LogP contribution < -0.4 is 10.4 Å². The fraction of sp³-hybridized carbons (Fsp3) is 0.423. The summed E-state index contributed by atoms with van der Waals surface area (Å²) < 4.78 is 27.2. The monoisotopic (exact) mass is 580 g/mol. The highest BCUT2D eigenvalue weighted by Gasteiger charge is 2.50. The van der Waals surface area contributed by atoms with Gasteiger partial charge in [0.2, 0.25) is 6.29 Å². The summed E-state index contributed by atoms with van der Waals surface area (Å²) in [5, 5.41) is 91.2. The molecule has 41 heavy (non-hydrogen) atoms. The summed E-state index contributed by atoms with van der Waals surface area (Å²) in [6, 6.07) is 7.08. The molecule has 222 valence electrons. The van der Waals surface area contributed by atoms with Gasteiger partial charge in [-0.3, -0.25) is 0 Å². The minimum atomic E-state index is -1.96. The van der Waals surface area contributed by atoms with Crippen LogP contribution in [0, 0.1) is 0 Å². The predicted molar refractivity (Wildman–Crippen MR) is 134 cm³/mol. The molecule has 0 spiro atoms. The maximum Gasteiger partial charge on any atom is 0.336 e. The van der Waals surface area contributed by atoms with E-state index in [-0.39, 0.29) is 27.8 Å². The lowest BCUT2D eigenvalue weighted by atomic mass is 9.98. The molecule has 0 amide bonds. The molecule has 0 bridgehead atoms. The fourth-order valence-electron chi connectivity index (χ4n) is 4.66. The van der Waals surface area contributed by atoms with Crippen LogP contribution in [0.1, 0.15) is 0 Å². The van der Waals surface area contributed by atoms with Crippen LogP contribution in [0.4, 0.5) is 0 Å². The molecule has 9 N–H and O–H groups in total. The zero-order valence-electron chi connectivity index (χ0n) is 21.1. The molecule has 0 saturated carbocycles. The molecule has 3 heterocycles. The third kappa shape index (κ3) is 5.42. The van der Waals surface area contributed by atoms with E-state index < -0.39 is 91.4 Å². The summed E-state index contributed by atoms with van der Waals surface area (Å²) in [4.78, 5) is 12.3. The van der Waals surface area contributed by atoms with Crippen LogP contribution in [0.3, 0.4) is 0 Å². The van der Waals surface area contributed by atoms with Crippen LogP contribution in [0.5, 0.6) is 23.0 Å². The van der Waals surface area contributed by atoms with Gasteiger partial charge in [0.1, 0.15) is 53.2 Å². The molecular weight excluding hydrogens is 552 g/mol. The molecule has 8 atom stereocenters. The SMILES string of the molecule is O=c1cc(-c2ccc(O)c(O)c2)c2c(O[C@H]3O[C@H](CO[C@H]4OC[C@](O)(CO)[C@H]4O)[C@@H](O)[C@H](O)[C@H]3O)cc(O)cc2o1. The van der Waals surface area contributed by atoms with Crippen molar-refractivity contribution in [3.8, 4) is 34.1 Å². The van der Waals surface area contributed by atoms with E-state index in [1.807, 2.05) is 0 Å². The highest BCUT2D eigenvalue weighted by Crippen LogP contribution is 2.40. The normalized spacial score (nSPS) is 31.9. The Balaban J connectivity index is 1.45. The zero-order chi connectivity index (χ0) is 29.6. The highest BCUT2D eigenvalue weighted by atomic mass is 16.7. The Morgan fingerprint density at radius 1 is 0.927 bits per heavy atom. The Morgan fingerprint density at radius 2 is 1.68 bits per heavy atom. The lowest BCUT2D eigenvalue weighted by Crippen LogP contribution is -2.60. The predicted octanol–water partition coefficient (Wildman–Crippen LogP) is -1.78. The highest BCUT2D eigenvalue weighted by molar-refractivity contribution is 5.98. The van der Waals surface area contributed by atoms with Crippen LogP contribution >= 0.6 is 0 Å². The number of hydrogen-bond donors (Lipinski definition) is 9. The number of rotatable bonds is 7. The number of ether oxygens (including phenoxy) is 4. The lowest BCUT2D eigenvalue weighted by molar-refractivity contribution is -0.289. The number of aliphatic hydroxyl groups excluding tert-OH is 5. The molecule has 5 rings (SSSR count). The molecule has 2 aliphatic heterocycles. The van der Waals surface area contributed by atoms with Gasteiger partial charge in [-0.2, -0.15) is 0 Å². The van der Waals surface area contributed by atoms with E-state index in [1.54, 1.807) is 0 Å². The topological polar surface area (TPSA) is 249 Å². The minimum Gasteiger partial charge on any atom is -0.508 e. The van der Waals surface area contributed by atoms with Gasteiger partial charge >= 0.3 is 5.63 Å². The second kappa shape index (κ2) is 11.1. The first-order valence-electron chi connectivity index (χ1n) is 12.4. The van der Waals surface area contributed by atoms with Crippen LogP contribution in [0.15, 0.2) is 45.6 Å². The molecule has 0 radical (unpaired) electrons. The van der Waals surface area contributed by atoms with Crippen molar-refractivity contribution in [3.63, 3.8) is 0 Å². The van der Waals surface area contributed by atoms with E-state index in [4.69, 9.17) is 23.4 Å². The van der Waals surface area contributed by atoms with Gasteiger partial charge < -0.3 is 69.3 Å². The first-order chi connectivity index (χ1) is 19.4. The quantitative estimate of drug-likeness (QED) is 0.111. The van der Waals surface area contributed by atoms with Gasteiger partial charge in [0, 0.05) is 23.8 Å². The number of phenolic OH excluding ortho intramolecular Hbond substituents is 3. The first kappa shape index (κ1) is 29.0. The van der Waals surface area contributed by atoms with Crippen molar-refractivity contribution in [2.45, 2.75) is 48.7 Å². The largest absolute Gasteiger partial charge is 0.508 e. The van der Waals surface area contributed by atoms with E-state index >= 15 is 0 Å². The van der Waals surface area contributed by atoms with E-state index in [1.165, 1.54) is 18.2 Å². The van der Waals surface area contributed by atoms with Gasteiger partial charge in [-0.25, -0.2) is 4.79 Å². The molecule has 2 aromatic carbocycles. The van der Waals surface area contributed by atoms with E-state index in [0.29, 0.717) is 0 Å². The van der Waals surface area contributed by atoms with Crippen molar-refractivity contribution >= 4 is 11.0 Å². The zero-order valence-corrected chi connectivity index (χ0v) is 21.1. The third-order valence-electron chi connectivity index (χ3n) is 7.00. The molecule has 15 nitrogen and oxygen atoms in total. The number of phenols is 3. The standard InChI is InChI=1S/C26H28O15/c27-8-26(36)9-38-25(23(26)35)37-7-17-20(32)21(33)22(34)24(41-17)40-16-5-11(28)4-15-19(16)12(6-18(31)39-15)10-1-2-13(29)14(30)3-10/h1-6,17,20-25,27-30,32-36H,7-9H2/t17-,20-,21+,22-,23+,24+,25+,26-/m1/s1. The third-order valence-corrected chi connectivity index (χ3v) is 7.00. The molecule has 2 fully saturated rings. The number of fused-ring (bicyclic) bond motifs is 1. The number of aliphatic hydroxyl groups is 6. The van der Waals surface area contributed by atoms with Gasteiger partial charge in [0.15, 0.2) is 17.8 Å². The van der Waals surface area contributed by atoms with Crippen LogP contribution in [0.25, 0.3) is 22.1 Å². The van der Waals surface area contributed by atoms with Crippen LogP contribution in [-0.4, -0.2) is 114 Å². The minimum absolute atomic E-state index is 0.0856. The lowest BCUT2D eigenvalue weighted by Gasteiger charge is -2.40. The second-order valence-corrected chi connectivity index (χ2v) is 9.85. The number of benzene rings is 2. The average molecular weight is 580 g/mol. The molecule has 2 saturated heterocycles. The van der Waals surface area contributed by atoms with Gasteiger partial charge in [-0.05, 0) is 17.7 Å². The van der Waals surface area contributed by atoms with Crippen molar-refractivity contribution in [1.82, 2.24) is 0 Å². The van der Waals surface area contributed by atoms with Crippen molar-refractivity contribution in [3.05, 3.63) is 46.8 Å². The van der Waals surface area contributed by atoms with Crippen molar-refractivity contribution < 1.29 is 69.3 Å². The summed E-state index contributed by atoms with van der Waals surface area (Å²) in [5.74, 6) is -1.49. The van der Waals surface area contributed by atoms with Gasteiger partial charge in [-0.1, -0.05) is 6.07 Å².